The van der Waals surface area contributed by atoms with Crippen LogP contribution in [0.2, 0.25) is 0 Å². The standard InChI is InChI=1S/C14H22N2/c1-5-9-16(11(2)3)10-13-7-6-8-14(15)12(13)4/h5-8,11H,1,9-10,15H2,2-4H3. The number of hydrogen-bond donors (Lipinski definition) is 1. The van der Waals surface area contributed by atoms with E-state index in [0.29, 0.717) is 6.04 Å². The number of nitrogens with two attached hydrogens (primary N) is 1. The molecule has 1 aromatic rings. The number of anilines is 1. The van der Waals surface area contributed by atoms with E-state index in [1.54, 1.807) is 0 Å². The summed E-state index contributed by atoms with van der Waals surface area (Å²) < 4.78 is 0. The van der Waals surface area contributed by atoms with Crippen LogP contribution in [0.15, 0.2) is 30.9 Å². The van der Waals surface area contributed by atoms with Gasteiger partial charge in [-0.25, -0.2) is 0 Å². The average Bonchev–Trinajstić information content (AvgIpc) is 2.23. The molecule has 1 rings (SSSR count). The molecule has 0 atom stereocenters. The van der Waals surface area contributed by atoms with Crippen LogP contribution in [0.5, 0.6) is 0 Å². The zero-order valence-electron chi connectivity index (χ0n) is 10.5. The first kappa shape index (κ1) is 12.8. The number of benzene rings is 1. The number of hydrogen-bond acceptors (Lipinski definition) is 2. The first-order valence-corrected chi connectivity index (χ1v) is 5.75. The third-order valence-electron chi connectivity index (χ3n) is 2.96. The summed E-state index contributed by atoms with van der Waals surface area (Å²) in [7, 11) is 0. The van der Waals surface area contributed by atoms with Gasteiger partial charge in [0.05, 0.1) is 0 Å². The minimum Gasteiger partial charge on any atom is -0.399 e. The summed E-state index contributed by atoms with van der Waals surface area (Å²) >= 11 is 0. The highest BCUT2D eigenvalue weighted by molar-refractivity contribution is 5.49. The minimum absolute atomic E-state index is 0.513. The molecule has 1 aromatic carbocycles. The SMILES string of the molecule is C=CCN(Cc1cccc(N)c1C)C(C)C. The molecule has 2 heteroatoms. The van der Waals surface area contributed by atoms with Gasteiger partial charge >= 0.3 is 0 Å². The van der Waals surface area contributed by atoms with Crippen LogP contribution in [0.4, 0.5) is 5.69 Å². The summed E-state index contributed by atoms with van der Waals surface area (Å²) in [5, 5.41) is 0. The molecule has 0 spiro atoms. The van der Waals surface area contributed by atoms with Gasteiger partial charge in [-0.3, -0.25) is 4.90 Å². The number of nitrogen functional groups attached to an aromatic ring is 1. The van der Waals surface area contributed by atoms with Crippen LogP contribution in [-0.2, 0) is 6.54 Å². The zero-order valence-corrected chi connectivity index (χ0v) is 10.5. The van der Waals surface area contributed by atoms with Crippen molar-refractivity contribution >= 4 is 5.69 Å². The summed E-state index contributed by atoms with van der Waals surface area (Å²) in [6.45, 7) is 12.1. The van der Waals surface area contributed by atoms with Crippen molar-refractivity contribution in [3.8, 4) is 0 Å². The highest BCUT2D eigenvalue weighted by Gasteiger charge is 2.10. The van der Waals surface area contributed by atoms with Crippen LogP contribution in [-0.4, -0.2) is 17.5 Å². The van der Waals surface area contributed by atoms with Crippen LogP contribution >= 0.6 is 0 Å². The lowest BCUT2D eigenvalue weighted by Crippen LogP contribution is -2.30. The third kappa shape index (κ3) is 3.11. The van der Waals surface area contributed by atoms with E-state index >= 15 is 0 Å². The fraction of sp³-hybridized carbons (Fsp3) is 0.429. The molecule has 0 aliphatic carbocycles. The Morgan fingerprint density at radius 1 is 1.44 bits per heavy atom. The molecule has 0 bridgehead atoms. The minimum atomic E-state index is 0.513. The smallest absolute Gasteiger partial charge is 0.0346 e. The molecule has 0 amide bonds. The molecule has 0 aliphatic heterocycles. The topological polar surface area (TPSA) is 29.3 Å². The summed E-state index contributed by atoms with van der Waals surface area (Å²) in [5.41, 5.74) is 9.28. The zero-order chi connectivity index (χ0) is 12.1. The monoisotopic (exact) mass is 218 g/mol. The van der Waals surface area contributed by atoms with E-state index in [4.69, 9.17) is 5.73 Å². The second-order valence-electron chi connectivity index (χ2n) is 4.44. The van der Waals surface area contributed by atoms with E-state index in [9.17, 15) is 0 Å². The van der Waals surface area contributed by atoms with Crippen molar-refractivity contribution in [3.05, 3.63) is 42.0 Å². The Labute approximate surface area is 98.8 Å². The van der Waals surface area contributed by atoms with E-state index in [0.717, 1.165) is 18.8 Å². The van der Waals surface area contributed by atoms with Gasteiger partial charge in [-0.1, -0.05) is 18.2 Å². The summed E-state index contributed by atoms with van der Waals surface area (Å²) in [6, 6.07) is 6.62. The molecule has 0 saturated carbocycles. The molecule has 0 aromatic heterocycles. The quantitative estimate of drug-likeness (QED) is 0.608. The normalized spacial score (nSPS) is 11.1. The Morgan fingerprint density at radius 2 is 2.12 bits per heavy atom. The van der Waals surface area contributed by atoms with Crippen LogP contribution in [0.1, 0.15) is 25.0 Å². The van der Waals surface area contributed by atoms with E-state index in [1.165, 1.54) is 11.1 Å². The Hall–Kier alpha value is -1.28. The maximum absolute atomic E-state index is 5.91. The molecule has 0 aliphatic rings. The van der Waals surface area contributed by atoms with Crippen LogP contribution in [0.25, 0.3) is 0 Å². The number of rotatable bonds is 5. The lowest BCUT2D eigenvalue weighted by Gasteiger charge is -2.26. The Kier molecular flexibility index (Phi) is 4.56. The van der Waals surface area contributed by atoms with Crippen LogP contribution in [0, 0.1) is 6.92 Å². The molecule has 88 valence electrons. The maximum Gasteiger partial charge on any atom is 0.0346 e. The Balaban J connectivity index is 2.84. The third-order valence-corrected chi connectivity index (χ3v) is 2.96. The fourth-order valence-electron chi connectivity index (χ4n) is 1.72. The predicted molar refractivity (Wildman–Crippen MR) is 71.3 cm³/mol. The van der Waals surface area contributed by atoms with Gasteiger partial charge in [0.25, 0.3) is 0 Å². The fourth-order valence-corrected chi connectivity index (χ4v) is 1.72. The lowest BCUT2D eigenvalue weighted by atomic mass is 10.1. The highest BCUT2D eigenvalue weighted by atomic mass is 15.1. The second kappa shape index (κ2) is 5.71. The number of nitrogens with zero attached hydrogens (tertiary/aromatic N) is 1. The van der Waals surface area contributed by atoms with Crippen molar-refractivity contribution in [1.29, 1.82) is 0 Å². The van der Waals surface area contributed by atoms with Gasteiger partial charge in [-0.15, -0.1) is 6.58 Å². The summed E-state index contributed by atoms with van der Waals surface area (Å²) in [5.74, 6) is 0. The van der Waals surface area contributed by atoms with Crippen molar-refractivity contribution in [2.75, 3.05) is 12.3 Å². The van der Waals surface area contributed by atoms with Crippen molar-refractivity contribution in [1.82, 2.24) is 4.90 Å². The molecule has 0 radical (unpaired) electrons. The van der Waals surface area contributed by atoms with Gasteiger partial charge in [-0.05, 0) is 38.0 Å². The van der Waals surface area contributed by atoms with E-state index < -0.39 is 0 Å². The Bertz CT molecular complexity index is 356. The molecule has 0 heterocycles. The first-order chi connectivity index (χ1) is 7.56. The van der Waals surface area contributed by atoms with Gasteiger partial charge in [0, 0.05) is 24.8 Å². The van der Waals surface area contributed by atoms with Crippen LogP contribution in [0.3, 0.4) is 0 Å². The molecule has 0 saturated heterocycles. The van der Waals surface area contributed by atoms with E-state index in [1.807, 2.05) is 18.2 Å². The van der Waals surface area contributed by atoms with Crippen molar-refractivity contribution < 1.29 is 0 Å². The van der Waals surface area contributed by atoms with Gasteiger partial charge < -0.3 is 5.73 Å². The summed E-state index contributed by atoms with van der Waals surface area (Å²) in [4.78, 5) is 2.37. The molecule has 2 nitrogen and oxygen atoms in total. The van der Waals surface area contributed by atoms with Gasteiger partial charge in [0.1, 0.15) is 0 Å². The lowest BCUT2D eigenvalue weighted by molar-refractivity contribution is 0.237. The van der Waals surface area contributed by atoms with Crippen molar-refractivity contribution in [3.63, 3.8) is 0 Å². The largest absolute Gasteiger partial charge is 0.399 e. The molecular weight excluding hydrogens is 196 g/mol. The van der Waals surface area contributed by atoms with Crippen LogP contribution < -0.4 is 5.73 Å². The molecular formula is C14H22N2. The molecule has 2 N–H and O–H groups in total. The van der Waals surface area contributed by atoms with Gasteiger partial charge in [0.15, 0.2) is 0 Å². The van der Waals surface area contributed by atoms with Gasteiger partial charge in [0.2, 0.25) is 0 Å². The Morgan fingerprint density at radius 3 is 2.69 bits per heavy atom. The maximum atomic E-state index is 5.91. The van der Waals surface area contributed by atoms with Crippen molar-refractivity contribution in [2.45, 2.75) is 33.4 Å². The van der Waals surface area contributed by atoms with E-state index in [-0.39, 0.29) is 0 Å². The highest BCUT2D eigenvalue weighted by Crippen LogP contribution is 2.18. The van der Waals surface area contributed by atoms with Crippen molar-refractivity contribution in [2.24, 2.45) is 0 Å². The average molecular weight is 218 g/mol. The molecule has 0 fully saturated rings. The molecule has 0 unspecified atom stereocenters. The van der Waals surface area contributed by atoms with E-state index in [2.05, 4.69) is 38.3 Å². The molecule has 16 heavy (non-hydrogen) atoms. The van der Waals surface area contributed by atoms with Gasteiger partial charge in [-0.2, -0.15) is 0 Å². The predicted octanol–water partition coefficient (Wildman–Crippen LogP) is 2.97. The first-order valence-electron chi connectivity index (χ1n) is 5.75. The second-order valence-corrected chi connectivity index (χ2v) is 4.44. The summed E-state index contributed by atoms with van der Waals surface area (Å²) in [6.07, 6.45) is 1.95.